The first-order valence-corrected chi connectivity index (χ1v) is 47.2. The number of para-hydroxylation sites is 1. The van der Waals surface area contributed by atoms with Crippen LogP contribution in [-0.2, 0) is 87.8 Å². The molecule has 2 aromatic rings. The Bertz CT molecular complexity index is 4210. The third-order valence-electron chi connectivity index (χ3n) is 27.0. The van der Waals surface area contributed by atoms with E-state index in [4.69, 9.17) is 26.7 Å². The molecule has 1 aliphatic heterocycles. The van der Waals surface area contributed by atoms with Crippen LogP contribution in [0.2, 0.25) is 0 Å². The third kappa shape index (κ3) is 33.1. The van der Waals surface area contributed by atoms with Crippen LogP contribution in [0, 0.1) is 58.2 Å². The number of thioether (sulfide) groups is 1. The summed E-state index contributed by atoms with van der Waals surface area (Å²) in [6.45, 7) is 15.5. The molecule has 5 fully saturated rings. The van der Waals surface area contributed by atoms with Crippen LogP contribution in [0.1, 0.15) is 151 Å². The molecule has 1 aromatic heterocycles. The second kappa shape index (κ2) is 52.6. The number of primary amides is 2. The third-order valence-corrected chi connectivity index (χ3v) is 27.6. The summed E-state index contributed by atoms with van der Waals surface area (Å²) >= 11 is 1.45. The van der Waals surface area contributed by atoms with Crippen LogP contribution in [0.5, 0.6) is 0 Å². The second-order valence-corrected chi connectivity index (χ2v) is 38.1. The number of nitrogens with one attached hydrogen (secondary N) is 12. The molecule has 4 aliphatic carbocycles. The number of aromatic amines is 1. The number of aliphatic carboxylic acids is 3. The molecule has 2 heterocycles. The molecule has 12 unspecified atom stereocenters. The van der Waals surface area contributed by atoms with E-state index < -0.39 is 149 Å². The summed E-state index contributed by atoms with van der Waals surface area (Å²) in [4.78, 5) is 209. The van der Waals surface area contributed by atoms with Gasteiger partial charge in [0.15, 0.2) is 0 Å². The first-order chi connectivity index (χ1) is 62.1. The summed E-state index contributed by atoms with van der Waals surface area (Å²) in [5.41, 5.74) is 17.8. The monoisotopic (exact) mass is 1860 g/mol. The van der Waals surface area contributed by atoms with Gasteiger partial charge in [0, 0.05) is 127 Å². The van der Waals surface area contributed by atoms with Gasteiger partial charge in [-0.25, -0.2) is 0 Å². The molecule has 18 atom stereocenters. The number of aliphatic hydroxyl groups excluding tert-OH is 2. The lowest BCUT2D eigenvalue weighted by Gasteiger charge is -2.63. The fraction of sp³-hybridized carbons (Fsp3) is 0.719. The van der Waals surface area contributed by atoms with Crippen molar-refractivity contribution in [3.63, 3.8) is 0 Å². The van der Waals surface area contributed by atoms with Crippen molar-refractivity contribution < 1.29 is 107 Å². The first-order valence-electron chi connectivity index (χ1n) is 45.8. The van der Waals surface area contributed by atoms with Gasteiger partial charge in [0.25, 0.3) is 0 Å². The zero-order valence-electron chi connectivity index (χ0n) is 77.5. The Hall–Kier alpha value is -9.82. The summed E-state index contributed by atoms with van der Waals surface area (Å²) in [6, 6.07) is -1.88. The molecule has 4 saturated carbocycles. The number of nitrogens with two attached hydrogens (primary N) is 3. The zero-order chi connectivity index (χ0) is 96.6. The summed E-state index contributed by atoms with van der Waals surface area (Å²) in [7, 11) is 1.55. The Morgan fingerprint density at radius 2 is 1.18 bits per heavy atom. The van der Waals surface area contributed by atoms with Gasteiger partial charge < -0.3 is 116 Å². The minimum Gasteiger partial charge on any atom is -0.480 e. The summed E-state index contributed by atoms with van der Waals surface area (Å²) in [6.07, 6.45) is 7.70. The number of aliphatic hydroxyl groups is 2. The predicted molar refractivity (Wildman–Crippen MR) is 487 cm³/mol. The van der Waals surface area contributed by atoms with Crippen LogP contribution >= 0.6 is 11.8 Å². The van der Waals surface area contributed by atoms with E-state index >= 15 is 0 Å². The number of carbonyl (C=O) groups excluding carboxylic acids is 12. The van der Waals surface area contributed by atoms with Gasteiger partial charge in [-0.3, -0.25) is 91.5 Å². The van der Waals surface area contributed by atoms with Gasteiger partial charge in [-0.05, 0) is 159 Å². The van der Waals surface area contributed by atoms with Crippen LogP contribution in [0.4, 0.5) is 0 Å². The van der Waals surface area contributed by atoms with Crippen LogP contribution in [0.3, 0.4) is 0 Å². The number of benzene rings is 1. The van der Waals surface area contributed by atoms with Crippen molar-refractivity contribution in [2.24, 2.45) is 75.4 Å². The Balaban J connectivity index is 0.885. The minimum atomic E-state index is -1.41. The van der Waals surface area contributed by atoms with E-state index in [0.29, 0.717) is 49.1 Å². The van der Waals surface area contributed by atoms with Crippen molar-refractivity contribution in [1.29, 1.82) is 0 Å². The van der Waals surface area contributed by atoms with E-state index in [1.165, 1.54) is 24.9 Å². The number of hydrogen-bond acceptors (Lipinski definition) is 26. The smallest absolute Gasteiger partial charge is 0.317 e. The number of ether oxygens (including phenoxy) is 2. The summed E-state index contributed by atoms with van der Waals surface area (Å²) < 4.78 is 11.4. The number of amides is 12. The molecular formula is C89H145N19O22S. The van der Waals surface area contributed by atoms with Crippen molar-refractivity contribution in [3.05, 3.63) is 47.9 Å². The maximum absolute atomic E-state index is 14.7. The van der Waals surface area contributed by atoms with Gasteiger partial charge in [-0.2, -0.15) is 11.8 Å². The lowest BCUT2D eigenvalue weighted by Crippen LogP contribution is -2.63. The zero-order valence-corrected chi connectivity index (χ0v) is 78.3. The van der Waals surface area contributed by atoms with E-state index in [-0.39, 0.29) is 221 Å². The SMILES string of the molecule is CN/C(=C\N)C[C@H](NC(=O)CNC(=O)C(NC(=O)C(C)NC(=O)[C@H](Cc1c[nH]c2ccccc12)NC(=O)C(CCC(N)=O)NC(=O)CC[C@@H](C)C1CCC2C3C(C[C@H](O)C21C)C1(C)CCC(NC(=O)COCCOCCNC(=O)CN2CCN(CC(=O)O)CCN(CC(=O)O)CCN(CC(=O)O)CC2)CC1C[C@H]3O)C(C)C)C(=O)NC(CC(C)C)C(=O)N[C@@H](CCSC)C(N)=O. The average Bonchev–Trinajstić information content (AvgIpc) is 1.64. The number of carboxylic acid groups (broad SMARTS) is 3. The Morgan fingerprint density at radius 1 is 0.595 bits per heavy atom. The van der Waals surface area contributed by atoms with Crippen molar-refractivity contribution in [3.8, 4) is 0 Å². The largest absolute Gasteiger partial charge is 0.480 e. The topological polar surface area (TPSA) is 615 Å². The van der Waals surface area contributed by atoms with E-state index in [1.54, 1.807) is 47.9 Å². The molecule has 0 spiro atoms. The van der Waals surface area contributed by atoms with Gasteiger partial charge in [-0.15, -0.1) is 0 Å². The lowest BCUT2D eigenvalue weighted by molar-refractivity contribution is -0.202. The lowest BCUT2D eigenvalue weighted by atomic mass is 9.43. The summed E-state index contributed by atoms with van der Waals surface area (Å²) in [5, 5.41) is 84.3. The predicted octanol–water partition coefficient (Wildman–Crippen LogP) is -2.02. The number of hydrogen-bond donors (Lipinski definition) is 20. The Labute approximate surface area is 770 Å². The van der Waals surface area contributed by atoms with Crippen LogP contribution in [0.25, 0.3) is 10.9 Å². The fourth-order valence-electron chi connectivity index (χ4n) is 19.8. The number of carbonyl (C=O) groups is 15. The molecule has 131 heavy (non-hydrogen) atoms. The van der Waals surface area contributed by atoms with E-state index in [2.05, 4.69) is 77.3 Å². The van der Waals surface area contributed by atoms with Crippen molar-refractivity contribution in [2.75, 3.05) is 137 Å². The number of rotatable bonds is 51. The number of aromatic nitrogens is 1. The highest BCUT2D eigenvalue weighted by Crippen LogP contribution is 2.68. The van der Waals surface area contributed by atoms with Gasteiger partial charge in [0.2, 0.25) is 70.9 Å². The molecule has 41 nitrogen and oxygen atoms in total. The van der Waals surface area contributed by atoms with E-state index in [1.807, 2.05) is 50.1 Å². The molecule has 7 rings (SSSR count). The summed E-state index contributed by atoms with van der Waals surface area (Å²) in [5.74, 6) is -11.9. The van der Waals surface area contributed by atoms with Gasteiger partial charge in [0.1, 0.15) is 48.9 Å². The van der Waals surface area contributed by atoms with Gasteiger partial charge >= 0.3 is 17.9 Å². The minimum absolute atomic E-state index is 0.00530. The Kier molecular flexibility index (Phi) is 43.4. The standard InChI is InChI=1S/C89H145N19O22S/c1-51(2)37-66(85(126)101-64(81(92)122)22-36-131-10)102-86(127)68(41-58(43-90)93-9)100-73(113)45-96-87(128)80(52(3)4)104-82(123)54(6)97-84(125)67(38-55-44-95-63-14-12-11-13-59(55)63)103-83(124)65(18-19-71(91)111)99-72(112)20-15-53(5)60-16-17-61-79-62(42-70(110)89(60,61)8)88(7)23-21-57(39-56(88)40-69(79)109)98-75(115)50-130-35-34-129-33-24-94-74(114)46-105-25-27-106(47-76(116)117)29-31-108(49-78(120)121)32-30-107(28-26-105)48-77(118)119/h11-14,43-44,51-54,56-57,60-62,64-70,79-80,93,95,109-110H,15-42,45-50,90H2,1-10H3,(H2,91,111)(H2,92,122)(H,94,114)(H,96,128)(H,97,125)(H,98,115)(H,99,112)(H,100,113)(H,101,126)(H,102,127)(H,103,124)(H,104,123)(H,116,117)(H,118,119)(H,120,121)/b58-43-/t53-,54?,56?,57?,60?,61?,62?,64+,65?,66?,67+,68+,69-,70+,79?,80?,88?,89?/m1/s1. The molecule has 12 amide bonds. The molecule has 5 aliphatic rings. The quantitative estimate of drug-likeness (QED) is 0.0318. The van der Waals surface area contributed by atoms with Gasteiger partial charge in [-0.1, -0.05) is 66.7 Å². The molecule has 23 N–H and O–H groups in total. The molecule has 42 heteroatoms. The molecule has 1 saturated heterocycles. The van der Waals surface area contributed by atoms with Gasteiger partial charge in [0.05, 0.1) is 64.8 Å². The normalized spacial score (nSPS) is 24.2. The highest BCUT2D eigenvalue weighted by atomic mass is 32.2. The molecular weight excluding hydrogens is 1720 g/mol. The molecule has 1 aromatic carbocycles. The molecule has 734 valence electrons. The number of carboxylic acids is 3. The van der Waals surface area contributed by atoms with Crippen LogP contribution in [0.15, 0.2) is 42.4 Å². The van der Waals surface area contributed by atoms with Crippen LogP contribution < -0.4 is 75.7 Å². The maximum atomic E-state index is 14.7. The number of H-pyrrole nitrogens is 1. The Morgan fingerprint density at radius 3 is 1.76 bits per heavy atom. The highest BCUT2D eigenvalue weighted by molar-refractivity contribution is 7.98. The van der Waals surface area contributed by atoms with Crippen molar-refractivity contribution in [2.45, 2.75) is 212 Å². The van der Waals surface area contributed by atoms with E-state index in [9.17, 15) is 97.5 Å². The van der Waals surface area contributed by atoms with Crippen molar-refractivity contribution >= 4 is 111 Å². The highest BCUT2D eigenvalue weighted by Gasteiger charge is 2.66. The second-order valence-electron chi connectivity index (χ2n) is 37.1. The van der Waals surface area contributed by atoms with Crippen LogP contribution in [-0.4, -0.2) is 337 Å². The first kappa shape index (κ1) is 108. The maximum Gasteiger partial charge on any atom is 0.317 e. The van der Waals surface area contributed by atoms with E-state index in [0.717, 1.165) is 30.2 Å². The molecule has 0 radical (unpaired) electrons. The number of nitrogens with zero attached hydrogens (tertiary/aromatic N) is 4. The number of fused-ring (bicyclic) bond motifs is 6. The molecule has 0 bridgehead atoms. The van der Waals surface area contributed by atoms with Crippen molar-refractivity contribution in [1.82, 2.24) is 83.1 Å². The average molecular weight is 1870 g/mol. The fourth-order valence-corrected chi connectivity index (χ4v) is 20.3.